The molecule has 1 spiro atoms. The van der Waals surface area contributed by atoms with Crippen LogP contribution in [0.15, 0.2) is 27.1 Å². The Bertz CT molecular complexity index is 721. The van der Waals surface area contributed by atoms with Crippen molar-refractivity contribution in [3.63, 3.8) is 0 Å². The minimum atomic E-state index is -1.22. The van der Waals surface area contributed by atoms with Crippen LogP contribution in [-0.4, -0.2) is 14.7 Å². The molecule has 0 saturated heterocycles. The Morgan fingerprint density at radius 2 is 2.08 bits per heavy atom. The molecule has 1 aromatic rings. The molecule has 3 rings (SSSR count). The van der Waals surface area contributed by atoms with Gasteiger partial charge in [-0.25, -0.2) is 4.21 Å². The lowest BCUT2D eigenvalue weighted by Crippen LogP contribution is -2.38. The van der Waals surface area contributed by atoms with E-state index in [4.69, 9.17) is 4.40 Å². The lowest BCUT2D eigenvalue weighted by atomic mass is 9.63. The normalized spacial score (nSPS) is 32.2. The molecule has 4 heteroatoms. The number of hydrogen-bond acceptors (Lipinski definition) is 1. The Balaban J connectivity index is 2.09. The van der Waals surface area contributed by atoms with Crippen LogP contribution in [0.3, 0.4) is 0 Å². The number of benzene rings is 1. The Labute approximate surface area is 163 Å². The summed E-state index contributed by atoms with van der Waals surface area (Å²) in [5.74, 6) is 1.51. The molecular formula is C21H30BrNOS. The molecule has 0 radical (unpaired) electrons. The Hall–Kier alpha value is -0.480. The molecule has 0 aliphatic heterocycles. The van der Waals surface area contributed by atoms with Gasteiger partial charge >= 0.3 is 0 Å². The minimum Gasteiger partial charge on any atom is -0.234 e. The fraction of sp³-hybridized carbons (Fsp3) is 0.667. The number of hydrogen-bond donors (Lipinski definition) is 0. The van der Waals surface area contributed by atoms with Crippen LogP contribution in [0.5, 0.6) is 0 Å². The third-order valence-electron chi connectivity index (χ3n) is 6.12. The van der Waals surface area contributed by atoms with Gasteiger partial charge in [-0.3, -0.25) is 0 Å². The van der Waals surface area contributed by atoms with Gasteiger partial charge in [-0.2, -0.15) is 4.40 Å². The molecule has 0 N–H and O–H groups in total. The lowest BCUT2D eigenvalue weighted by molar-refractivity contribution is 0.152. The fourth-order valence-electron chi connectivity index (χ4n) is 4.49. The van der Waals surface area contributed by atoms with Crippen molar-refractivity contribution in [2.45, 2.75) is 71.5 Å². The monoisotopic (exact) mass is 423 g/mol. The van der Waals surface area contributed by atoms with E-state index in [1.54, 1.807) is 0 Å². The number of fused-ring (bicyclic) bond motifs is 1. The van der Waals surface area contributed by atoms with Gasteiger partial charge in [0.2, 0.25) is 0 Å². The second-order valence-corrected chi connectivity index (χ2v) is 11.8. The van der Waals surface area contributed by atoms with Crippen LogP contribution in [0, 0.1) is 17.3 Å². The summed E-state index contributed by atoms with van der Waals surface area (Å²) in [7, 11) is -1.22. The molecule has 0 heterocycles. The van der Waals surface area contributed by atoms with Gasteiger partial charge in [-0.15, -0.1) is 0 Å². The van der Waals surface area contributed by atoms with Gasteiger partial charge in [0.1, 0.15) is 11.0 Å². The first-order valence-corrected chi connectivity index (χ1v) is 11.4. The van der Waals surface area contributed by atoms with E-state index >= 15 is 0 Å². The van der Waals surface area contributed by atoms with Crippen molar-refractivity contribution in [2.24, 2.45) is 21.6 Å². The second kappa shape index (κ2) is 6.92. The summed E-state index contributed by atoms with van der Waals surface area (Å²) < 4.78 is 18.5. The van der Waals surface area contributed by atoms with Gasteiger partial charge in [0.25, 0.3) is 0 Å². The molecule has 1 aromatic carbocycles. The summed E-state index contributed by atoms with van der Waals surface area (Å²) in [4.78, 5) is 0. The Morgan fingerprint density at radius 3 is 2.72 bits per heavy atom. The SMILES string of the molecule is CCC1C[C@@]2(CC[C@@H]1C)Cc1ccc(Br)cc1/C2=N/S(=O)C(C)(C)C. The maximum absolute atomic E-state index is 12.9. The molecule has 1 fully saturated rings. The molecule has 25 heavy (non-hydrogen) atoms. The number of rotatable bonds is 2. The van der Waals surface area contributed by atoms with Gasteiger partial charge in [-0.05, 0) is 76.0 Å². The van der Waals surface area contributed by atoms with Crippen molar-refractivity contribution < 1.29 is 4.21 Å². The maximum Gasteiger partial charge on any atom is 0.145 e. The van der Waals surface area contributed by atoms with E-state index in [1.807, 2.05) is 20.8 Å². The number of nitrogens with zero attached hydrogens (tertiary/aromatic N) is 1. The van der Waals surface area contributed by atoms with Gasteiger partial charge in [0.15, 0.2) is 0 Å². The first kappa shape index (κ1) is 19.3. The summed E-state index contributed by atoms with van der Waals surface area (Å²) >= 11 is 3.61. The average Bonchev–Trinajstić information content (AvgIpc) is 2.82. The molecule has 0 amide bonds. The highest BCUT2D eigenvalue weighted by molar-refractivity contribution is 9.10. The Morgan fingerprint density at radius 1 is 1.36 bits per heavy atom. The predicted octanol–water partition coefficient (Wildman–Crippen LogP) is 6.09. The van der Waals surface area contributed by atoms with E-state index in [9.17, 15) is 4.21 Å². The van der Waals surface area contributed by atoms with E-state index in [0.29, 0.717) is 0 Å². The zero-order valence-corrected chi connectivity index (χ0v) is 18.5. The van der Waals surface area contributed by atoms with Crippen LogP contribution < -0.4 is 0 Å². The molecule has 138 valence electrons. The van der Waals surface area contributed by atoms with Crippen LogP contribution in [0.25, 0.3) is 0 Å². The Kier molecular flexibility index (Phi) is 5.34. The van der Waals surface area contributed by atoms with Crippen molar-refractivity contribution >= 4 is 32.6 Å². The summed E-state index contributed by atoms with van der Waals surface area (Å²) in [6.45, 7) is 10.7. The molecule has 2 unspecified atom stereocenters. The molecule has 2 aliphatic rings. The zero-order chi connectivity index (χ0) is 18.4. The van der Waals surface area contributed by atoms with Crippen molar-refractivity contribution in [1.82, 2.24) is 0 Å². The number of halogens is 1. The fourth-order valence-corrected chi connectivity index (χ4v) is 5.58. The standard InChI is InChI=1S/C21H30BrNOS/c1-6-15-12-21(10-9-14(15)2)13-16-7-8-17(22)11-18(16)19(21)23-25(24)20(3,4)5/h7-8,11,14-15H,6,9-10,12-13H2,1-5H3/b23-19-/t14-,15?,21-,25?/m0/s1. The van der Waals surface area contributed by atoms with Crippen LogP contribution in [0.4, 0.5) is 0 Å². The first-order chi connectivity index (χ1) is 11.7. The van der Waals surface area contributed by atoms with Crippen LogP contribution in [-0.2, 0) is 17.4 Å². The second-order valence-electron chi connectivity index (χ2n) is 8.95. The third kappa shape index (κ3) is 3.66. The lowest BCUT2D eigenvalue weighted by Gasteiger charge is -2.42. The molecule has 2 aliphatic carbocycles. The smallest absolute Gasteiger partial charge is 0.145 e. The van der Waals surface area contributed by atoms with E-state index in [2.05, 4.69) is 48.0 Å². The molecule has 2 nitrogen and oxygen atoms in total. The molecular weight excluding hydrogens is 394 g/mol. The van der Waals surface area contributed by atoms with Crippen LogP contribution in [0.1, 0.15) is 71.4 Å². The first-order valence-electron chi connectivity index (χ1n) is 9.46. The summed E-state index contributed by atoms with van der Waals surface area (Å²) in [6, 6.07) is 6.53. The highest BCUT2D eigenvalue weighted by Crippen LogP contribution is 2.52. The average molecular weight is 424 g/mol. The molecule has 1 saturated carbocycles. The maximum atomic E-state index is 12.9. The highest BCUT2D eigenvalue weighted by atomic mass is 79.9. The highest BCUT2D eigenvalue weighted by Gasteiger charge is 2.48. The largest absolute Gasteiger partial charge is 0.234 e. The zero-order valence-electron chi connectivity index (χ0n) is 16.1. The summed E-state index contributed by atoms with van der Waals surface area (Å²) in [5.41, 5.74) is 3.79. The molecule has 4 atom stereocenters. The van der Waals surface area contributed by atoms with Crippen molar-refractivity contribution in [3.05, 3.63) is 33.8 Å². The van der Waals surface area contributed by atoms with Gasteiger partial charge in [-0.1, -0.05) is 42.3 Å². The van der Waals surface area contributed by atoms with E-state index in [-0.39, 0.29) is 10.2 Å². The van der Waals surface area contributed by atoms with Crippen molar-refractivity contribution in [2.75, 3.05) is 0 Å². The quantitative estimate of drug-likeness (QED) is 0.565. The topological polar surface area (TPSA) is 29.4 Å². The van der Waals surface area contributed by atoms with E-state index in [0.717, 1.165) is 34.9 Å². The van der Waals surface area contributed by atoms with E-state index in [1.165, 1.54) is 30.4 Å². The molecule has 0 bridgehead atoms. The predicted molar refractivity (Wildman–Crippen MR) is 112 cm³/mol. The van der Waals surface area contributed by atoms with Crippen molar-refractivity contribution in [1.29, 1.82) is 0 Å². The van der Waals surface area contributed by atoms with Gasteiger partial charge in [0, 0.05) is 15.5 Å². The minimum absolute atomic E-state index is 0.0806. The summed E-state index contributed by atoms with van der Waals surface area (Å²) in [5, 5.41) is 0. The van der Waals surface area contributed by atoms with E-state index < -0.39 is 11.0 Å². The molecule has 0 aromatic heterocycles. The summed E-state index contributed by atoms with van der Waals surface area (Å²) in [6.07, 6.45) is 5.86. The van der Waals surface area contributed by atoms with Gasteiger partial charge < -0.3 is 0 Å². The van der Waals surface area contributed by atoms with Crippen LogP contribution in [0.2, 0.25) is 0 Å². The van der Waals surface area contributed by atoms with Crippen molar-refractivity contribution in [3.8, 4) is 0 Å². The van der Waals surface area contributed by atoms with Crippen LogP contribution >= 0.6 is 15.9 Å². The third-order valence-corrected chi connectivity index (χ3v) is 8.01. The van der Waals surface area contributed by atoms with Gasteiger partial charge in [0.05, 0.1) is 10.5 Å².